The van der Waals surface area contributed by atoms with Crippen LogP contribution >= 0.6 is 0 Å². The maximum Gasteiger partial charge on any atom is 0.416 e. The van der Waals surface area contributed by atoms with Crippen molar-refractivity contribution in [1.29, 1.82) is 0 Å². The van der Waals surface area contributed by atoms with E-state index >= 15 is 0 Å². The molecular formula is C21H15F3N4O. The Morgan fingerprint density at radius 1 is 0.931 bits per heavy atom. The minimum atomic E-state index is -4.45. The van der Waals surface area contributed by atoms with E-state index < -0.39 is 17.6 Å². The fourth-order valence-electron chi connectivity index (χ4n) is 2.91. The number of fused-ring (bicyclic) bond motifs is 1. The number of hydrazine groups is 1. The predicted octanol–water partition coefficient (Wildman–Crippen LogP) is 4.80. The molecule has 0 bridgehead atoms. The molecule has 0 radical (unpaired) electrons. The Hall–Kier alpha value is -3.81. The number of para-hydroxylation sites is 2. The van der Waals surface area contributed by atoms with Crippen molar-refractivity contribution in [3.63, 3.8) is 0 Å². The van der Waals surface area contributed by atoms with Crippen molar-refractivity contribution < 1.29 is 18.0 Å². The summed E-state index contributed by atoms with van der Waals surface area (Å²) in [7, 11) is 0. The number of imidazole rings is 1. The number of aromatic nitrogens is 2. The van der Waals surface area contributed by atoms with E-state index in [2.05, 4.69) is 15.8 Å². The first kappa shape index (κ1) is 18.5. The summed E-state index contributed by atoms with van der Waals surface area (Å²) in [6.45, 7) is 0. The number of nitrogens with zero attached hydrogens (tertiary/aromatic N) is 2. The van der Waals surface area contributed by atoms with E-state index in [1.807, 2.05) is 28.8 Å². The third-order valence-electron chi connectivity index (χ3n) is 4.37. The molecule has 0 fully saturated rings. The first-order valence-electron chi connectivity index (χ1n) is 8.68. The summed E-state index contributed by atoms with van der Waals surface area (Å²) in [6, 6.07) is 19.1. The number of rotatable bonds is 4. The molecule has 4 rings (SSSR count). The highest BCUT2D eigenvalue weighted by atomic mass is 19.4. The fraction of sp³-hybridized carbons (Fsp3) is 0.0476. The Morgan fingerprint density at radius 2 is 1.69 bits per heavy atom. The lowest BCUT2D eigenvalue weighted by atomic mass is 10.2. The Kier molecular flexibility index (Phi) is 4.67. The largest absolute Gasteiger partial charge is 0.416 e. The van der Waals surface area contributed by atoms with E-state index in [1.165, 1.54) is 12.1 Å². The maximum atomic E-state index is 12.8. The molecular weight excluding hydrogens is 381 g/mol. The van der Waals surface area contributed by atoms with Crippen LogP contribution in [0, 0.1) is 0 Å². The Bertz CT molecular complexity index is 1170. The van der Waals surface area contributed by atoms with Gasteiger partial charge in [0.1, 0.15) is 6.33 Å². The molecule has 0 aliphatic carbocycles. The van der Waals surface area contributed by atoms with Gasteiger partial charge in [-0.25, -0.2) is 4.98 Å². The average molecular weight is 396 g/mol. The number of carbonyl (C=O) groups is 1. The summed E-state index contributed by atoms with van der Waals surface area (Å²) in [4.78, 5) is 16.6. The minimum absolute atomic E-state index is 0.134. The molecule has 29 heavy (non-hydrogen) atoms. The first-order chi connectivity index (χ1) is 13.9. The van der Waals surface area contributed by atoms with Crippen LogP contribution in [0.15, 0.2) is 79.1 Å². The van der Waals surface area contributed by atoms with Crippen LogP contribution in [0.4, 0.5) is 18.9 Å². The van der Waals surface area contributed by atoms with Gasteiger partial charge in [0, 0.05) is 11.3 Å². The summed E-state index contributed by atoms with van der Waals surface area (Å²) >= 11 is 0. The molecule has 5 nitrogen and oxygen atoms in total. The number of nitrogens with one attached hydrogen (secondary N) is 2. The number of alkyl halides is 3. The topological polar surface area (TPSA) is 59.0 Å². The predicted molar refractivity (Wildman–Crippen MR) is 104 cm³/mol. The molecule has 0 aliphatic rings. The van der Waals surface area contributed by atoms with Gasteiger partial charge < -0.3 is 0 Å². The zero-order valence-electron chi connectivity index (χ0n) is 14.9. The molecule has 0 saturated carbocycles. The number of hydrogen-bond acceptors (Lipinski definition) is 3. The average Bonchev–Trinajstić information content (AvgIpc) is 3.16. The van der Waals surface area contributed by atoms with Crippen molar-refractivity contribution in [1.82, 2.24) is 15.0 Å². The summed E-state index contributed by atoms with van der Waals surface area (Å²) in [5.74, 6) is -0.468. The standard InChI is InChI=1S/C21H15F3N4O/c22-21(23,24)15-4-3-5-16(12-15)26-27-20(29)14-8-10-17(11-9-14)28-13-25-18-6-1-2-7-19(18)28/h1-13,26H,(H,27,29). The highest BCUT2D eigenvalue weighted by Crippen LogP contribution is 2.30. The van der Waals surface area contributed by atoms with Crippen molar-refractivity contribution >= 4 is 22.6 Å². The Balaban J connectivity index is 1.46. The second kappa shape index (κ2) is 7.31. The van der Waals surface area contributed by atoms with E-state index in [4.69, 9.17) is 0 Å². The van der Waals surface area contributed by atoms with Crippen LogP contribution in [0.25, 0.3) is 16.7 Å². The zero-order chi connectivity index (χ0) is 20.4. The van der Waals surface area contributed by atoms with Gasteiger partial charge in [0.05, 0.1) is 22.3 Å². The van der Waals surface area contributed by atoms with Gasteiger partial charge in [-0.1, -0.05) is 18.2 Å². The summed E-state index contributed by atoms with van der Waals surface area (Å²) in [5, 5.41) is 0. The van der Waals surface area contributed by atoms with Crippen molar-refractivity contribution in [3.05, 3.63) is 90.3 Å². The molecule has 0 unspecified atom stereocenters. The normalized spacial score (nSPS) is 11.4. The van der Waals surface area contributed by atoms with Crippen molar-refractivity contribution in [2.24, 2.45) is 0 Å². The van der Waals surface area contributed by atoms with Gasteiger partial charge in [-0.2, -0.15) is 13.2 Å². The molecule has 0 aliphatic heterocycles. The maximum absolute atomic E-state index is 12.8. The van der Waals surface area contributed by atoms with E-state index in [9.17, 15) is 18.0 Å². The molecule has 146 valence electrons. The minimum Gasteiger partial charge on any atom is -0.299 e. The van der Waals surface area contributed by atoms with Crippen LogP contribution in [0.1, 0.15) is 15.9 Å². The SMILES string of the molecule is O=C(NNc1cccc(C(F)(F)F)c1)c1ccc(-n2cnc3ccccc32)cc1. The third kappa shape index (κ3) is 3.91. The smallest absolute Gasteiger partial charge is 0.299 e. The van der Waals surface area contributed by atoms with Gasteiger partial charge in [0.15, 0.2) is 0 Å². The van der Waals surface area contributed by atoms with Gasteiger partial charge >= 0.3 is 6.18 Å². The van der Waals surface area contributed by atoms with Crippen LogP contribution in [0.5, 0.6) is 0 Å². The van der Waals surface area contributed by atoms with Gasteiger partial charge in [-0.15, -0.1) is 0 Å². The molecule has 2 N–H and O–H groups in total. The molecule has 0 atom stereocenters. The van der Waals surface area contributed by atoms with Crippen molar-refractivity contribution in [2.45, 2.75) is 6.18 Å². The van der Waals surface area contributed by atoms with Gasteiger partial charge in [0.2, 0.25) is 0 Å². The van der Waals surface area contributed by atoms with Crippen LogP contribution < -0.4 is 10.9 Å². The van der Waals surface area contributed by atoms with E-state index in [0.717, 1.165) is 28.9 Å². The van der Waals surface area contributed by atoms with Crippen LogP contribution in [-0.2, 0) is 6.18 Å². The number of carbonyl (C=O) groups excluding carboxylic acids is 1. The molecule has 4 aromatic rings. The van der Waals surface area contributed by atoms with Crippen LogP contribution in [0.3, 0.4) is 0 Å². The van der Waals surface area contributed by atoms with E-state index in [1.54, 1.807) is 30.6 Å². The van der Waals surface area contributed by atoms with Gasteiger partial charge in [-0.05, 0) is 54.6 Å². The van der Waals surface area contributed by atoms with Crippen LogP contribution in [0.2, 0.25) is 0 Å². The molecule has 3 aromatic carbocycles. The monoisotopic (exact) mass is 396 g/mol. The Labute approximate surface area is 163 Å². The molecule has 0 spiro atoms. The molecule has 0 saturated heterocycles. The van der Waals surface area contributed by atoms with Gasteiger partial charge in [-0.3, -0.25) is 20.2 Å². The number of amides is 1. The number of halogens is 3. The number of hydrogen-bond donors (Lipinski definition) is 2. The lowest BCUT2D eigenvalue weighted by molar-refractivity contribution is -0.137. The molecule has 1 amide bonds. The summed E-state index contributed by atoms with van der Waals surface area (Å²) in [6.07, 6.45) is -2.75. The summed E-state index contributed by atoms with van der Waals surface area (Å²) < 4.78 is 40.2. The van der Waals surface area contributed by atoms with E-state index in [-0.39, 0.29) is 5.69 Å². The highest BCUT2D eigenvalue weighted by molar-refractivity contribution is 5.95. The summed E-state index contributed by atoms with van der Waals surface area (Å²) in [5.41, 5.74) is 7.24. The van der Waals surface area contributed by atoms with Crippen LogP contribution in [-0.4, -0.2) is 15.5 Å². The van der Waals surface area contributed by atoms with Crippen molar-refractivity contribution in [2.75, 3.05) is 5.43 Å². The second-order valence-corrected chi connectivity index (χ2v) is 6.31. The highest BCUT2D eigenvalue weighted by Gasteiger charge is 2.30. The third-order valence-corrected chi connectivity index (χ3v) is 4.37. The molecule has 8 heteroatoms. The van der Waals surface area contributed by atoms with E-state index in [0.29, 0.717) is 5.56 Å². The quantitative estimate of drug-likeness (QED) is 0.487. The van der Waals surface area contributed by atoms with Gasteiger partial charge in [0.25, 0.3) is 5.91 Å². The lowest BCUT2D eigenvalue weighted by Crippen LogP contribution is -2.29. The first-order valence-corrected chi connectivity index (χ1v) is 8.68. The fourth-order valence-corrected chi connectivity index (χ4v) is 2.91. The lowest BCUT2D eigenvalue weighted by Gasteiger charge is -2.12. The second-order valence-electron chi connectivity index (χ2n) is 6.31. The molecule has 1 heterocycles. The number of benzene rings is 3. The zero-order valence-corrected chi connectivity index (χ0v) is 14.9. The van der Waals surface area contributed by atoms with Crippen molar-refractivity contribution in [3.8, 4) is 5.69 Å². The number of anilines is 1. The molecule has 1 aromatic heterocycles. The Morgan fingerprint density at radius 3 is 2.45 bits per heavy atom.